The van der Waals surface area contributed by atoms with Gasteiger partial charge in [0.2, 0.25) is 0 Å². The van der Waals surface area contributed by atoms with E-state index in [4.69, 9.17) is 27.9 Å². The van der Waals surface area contributed by atoms with Crippen molar-refractivity contribution >= 4 is 29.1 Å². The highest BCUT2D eigenvalue weighted by Gasteiger charge is 2.23. The second-order valence-electron chi connectivity index (χ2n) is 5.27. The van der Waals surface area contributed by atoms with Crippen LogP contribution < -0.4 is 10.1 Å². The van der Waals surface area contributed by atoms with E-state index in [9.17, 15) is 4.79 Å². The third-order valence-electron chi connectivity index (χ3n) is 3.61. The fourth-order valence-electron chi connectivity index (χ4n) is 2.57. The molecule has 1 amide bonds. The Morgan fingerprint density at radius 1 is 1.48 bits per heavy atom. The Morgan fingerprint density at radius 3 is 3.05 bits per heavy atom. The van der Waals surface area contributed by atoms with Gasteiger partial charge in [-0.3, -0.25) is 4.79 Å². The van der Waals surface area contributed by atoms with E-state index in [1.165, 1.54) is 0 Å². The zero-order chi connectivity index (χ0) is 15.2. The number of nitrogens with zero attached hydrogens (tertiary/aromatic N) is 1. The smallest absolute Gasteiger partial charge is 0.260 e. The Labute approximate surface area is 135 Å². The highest BCUT2D eigenvalue weighted by Crippen LogP contribution is 2.27. The van der Waals surface area contributed by atoms with E-state index in [1.807, 2.05) is 11.9 Å². The number of nitrogens with one attached hydrogen (secondary N) is 1. The van der Waals surface area contributed by atoms with Crippen molar-refractivity contribution in [2.45, 2.75) is 12.8 Å². The van der Waals surface area contributed by atoms with Crippen molar-refractivity contribution in [3.63, 3.8) is 0 Å². The minimum atomic E-state index is -0.00760. The summed E-state index contributed by atoms with van der Waals surface area (Å²) in [5.41, 5.74) is 0. The lowest BCUT2D eigenvalue weighted by molar-refractivity contribution is -0.135. The molecule has 0 saturated carbocycles. The maximum atomic E-state index is 12.2. The maximum absolute atomic E-state index is 12.2. The van der Waals surface area contributed by atoms with Crippen molar-refractivity contribution in [2.24, 2.45) is 5.92 Å². The first-order chi connectivity index (χ1) is 10.1. The molecule has 1 unspecified atom stereocenters. The number of halogens is 2. The Balaban J connectivity index is 1.88. The molecule has 1 atom stereocenters. The van der Waals surface area contributed by atoms with Crippen molar-refractivity contribution in [1.82, 2.24) is 10.2 Å². The van der Waals surface area contributed by atoms with Crippen LogP contribution in [0.5, 0.6) is 5.75 Å². The molecule has 1 aromatic carbocycles. The predicted molar refractivity (Wildman–Crippen MR) is 85.2 cm³/mol. The third-order valence-corrected chi connectivity index (χ3v) is 4.16. The number of hydrogen-bond donors (Lipinski definition) is 1. The first kappa shape index (κ1) is 16.4. The molecular formula is C15H20Cl2N2O2. The molecule has 1 fully saturated rings. The topological polar surface area (TPSA) is 41.6 Å². The average Bonchev–Trinajstić information content (AvgIpc) is 2.48. The summed E-state index contributed by atoms with van der Waals surface area (Å²) in [5.74, 6) is 0.954. The molecule has 0 aromatic heterocycles. The Morgan fingerprint density at radius 2 is 2.29 bits per heavy atom. The van der Waals surface area contributed by atoms with E-state index < -0.39 is 0 Å². The molecule has 0 aliphatic carbocycles. The number of ether oxygens (including phenoxy) is 1. The van der Waals surface area contributed by atoms with Crippen LogP contribution >= 0.6 is 23.2 Å². The van der Waals surface area contributed by atoms with Crippen LogP contribution in [0.15, 0.2) is 18.2 Å². The Kier molecular flexibility index (Phi) is 6.15. The van der Waals surface area contributed by atoms with Crippen molar-refractivity contribution in [2.75, 3.05) is 33.3 Å². The molecule has 21 heavy (non-hydrogen) atoms. The Hall–Kier alpha value is -0.970. The van der Waals surface area contributed by atoms with Gasteiger partial charge in [-0.2, -0.15) is 0 Å². The molecule has 1 aliphatic rings. The van der Waals surface area contributed by atoms with Crippen LogP contribution in [0, 0.1) is 5.92 Å². The van der Waals surface area contributed by atoms with Crippen LogP contribution in [0.1, 0.15) is 12.8 Å². The van der Waals surface area contributed by atoms with Gasteiger partial charge in [0.05, 0.1) is 5.02 Å². The monoisotopic (exact) mass is 330 g/mol. The van der Waals surface area contributed by atoms with Crippen molar-refractivity contribution in [3.05, 3.63) is 28.2 Å². The number of benzene rings is 1. The molecule has 0 spiro atoms. The minimum absolute atomic E-state index is 0.00755. The van der Waals surface area contributed by atoms with Gasteiger partial charge < -0.3 is 15.0 Å². The molecule has 1 heterocycles. The van der Waals surface area contributed by atoms with Gasteiger partial charge in [0.1, 0.15) is 5.75 Å². The first-order valence-corrected chi connectivity index (χ1v) is 7.86. The van der Waals surface area contributed by atoms with Crippen LogP contribution in [0.3, 0.4) is 0 Å². The molecule has 0 bridgehead atoms. The predicted octanol–water partition coefficient (Wildman–Crippen LogP) is 2.83. The summed E-state index contributed by atoms with van der Waals surface area (Å²) in [6.07, 6.45) is 2.20. The zero-order valence-corrected chi connectivity index (χ0v) is 13.6. The fraction of sp³-hybridized carbons (Fsp3) is 0.533. The summed E-state index contributed by atoms with van der Waals surface area (Å²) in [6.45, 7) is 2.51. The second-order valence-corrected chi connectivity index (χ2v) is 6.11. The molecule has 2 rings (SSSR count). The molecule has 6 heteroatoms. The van der Waals surface area contributed by atoms with Crippen molar-refractivity contribution in [1.29, 1.82) is 0 Å². The molecule has 0 radical (unpaired) electrons. The number of piperidine rings is 1. The summed E-state index contributed by atoms with van der Waals surface area (Å²) in [5, 5.41) is 4.16. The summed E-state index contributed by atoms with van der Waals surface area (Å²) in [7, 11) is 1.94. The lowest BCUT2D eigenvalue weighted by atomic mass is 9.98. The van der Waals surface area contributed by atoms with Crippen molar-refractivity contribution in [3.8, 4) is 5.75 Å². The van der Waals surface area contributed by atoms with Gasteiger partial charge in [0.15, 0.2) is 6.61 Å². The van der Waals surface area contributed by atoms with E-state index in [1.54, 1.807) is 18.2 Å². The average molecular weight is 331 g/mol. The van der Waals surface area contributed by atoms with Crippen molar-refractivity contribution < 1.29 is 9.53 Å². The maximum Gasteiger partial charge on any atom is 0.260 e. The van der Waals surface area contributed by atoms with E-state index >= 15 is 0 Å². The molecule has 1 aromatic rings. The molecule has 116 valence electrons. The largest absolute Gasteiger partial charge is 0.482 e. The Bertz CT molecular complexity index is 495. The molecular weight excluding hydrogens is 311 g/mol. The quantitative estimate of drug-likeness (QED) is 0.902. The highest BCUT2D eigenvalue weighted by atomic mass is 35.5. The standard InChI is InChI=1S/C15H20Cl2N2O2/c1-18-8-11-3-2-6-19(9-11)15(20)10-21-14-7-12(16)4-5-13(14)17/h4-5,7,11,18H,2-3,6,8-10H2,1H3. The van der Waals surface area contributed by atoms with Gasteiger partial charge in [-0.15, -0.1) is 0 Å². The number of amides is 1. The summed E-state index contributed by atoms with van der Waals surface area (Å²) >= 11 is 11.9. The minimum Gasteiger partial charge on any atom is -0.482 e. The fourth-order valence-corrected chi connectivity index (χ4v) is 2.90. The number of carbonyl (C=O) groups is 1. The first-order valence-electron chi connectivity index (χ1n) is 7.10. The van der Waals surface area contributed by atoms with Gasteiger partial charge in [-0.25, -0.2) is 0 Å². The number of likely N-dealkylation sites (tertiary alicyclic amines) is 1. The second kappa shape index (κ2) is 7.87. The molecule has 1 aliphatic heterocycles. The van der Waals surface area contributed by atoms with Crippen LogP contribution in [-0.2, 0) is 4.79 Å². The van der Waals surface area contributed by atoms with E-state index in [-0.39, 0.29) is 12.5 Å². The summed E-state index contributed by atoms with van der Waals surface area (Å²) in [6, 6.07) is 4.97. The molecule has 1 saturated heterocycles. The van der Waals surface area contributed by atoms with Gasteiger partial charge in [-0.05, 0) is 44.5 Å². The zero-order valence-electron chi connectivity index (χ0n) is 12.1. The van der Waals surface area contributed by atoms with Gasteiger partial charge in [0, 0.05) is 24.2 Å². The van der Waals surface area contributed by atoms with E-state index in [2.05, 4.69) is 5.32 Å². The van der Waals surface area contributed by atoms with Crippen LogP contribution in [-0.4, -0.2) is 44.1 Å². The summed E-state index contributed by atoms with van der Waals surface area (Å²) in [4.78, 5) is 14.1. The van der Waals surface area contributed by atoms with E-state index in [0.717, 1.165) is 32.5 Å². The van der Waals surface area contributed by atoms with Crippen LogP contribution in [0.25, 0.3) is 0 Å². The van der Waals surface area contributed by atoms with E-state index in [0.29, 0.717) is 21.7 Å². The lowest BCUT2D eigenvalue weighted by Gasteiger charge is -2.32. The third kappa shape index (κ3) is 4.77. The van der Waals surface area contributed by atoms with Gasteiger partial charge >= 0.3 is 0 Å². The highest BCUT2D eigenvalue weighted by molar-refractivity contribution is 6.34. The van der Waals surface area contributed by atoms with Crippen LogP contribution in [0.4, 0.5) is 0 Å². The molecule has 4 nitrogen and oxygen atoms in total. The SMILES string of the molecule is CNCC1CCCN(C(=O)COc2cc(Cl)ccc2Cl)C1. The lowest BCUT2D eigenvalue weighted by Crippen LogP contribution is -2.44. The normalized spacial score (nSPS) is 18.6. The van der Waals surface area contributed by atoms with Crippen LogP contribution in [0.2, 0.25) is 10.0 Å². The molecule has 1 N–H and O–H groups in total. The number of hydrogen-bond acceptors (Lipinski definition) is 3. The number of rotatable bonds is 5. The summed E-state index contributed by atoms with van der Waals surface area (Å²) < 4.78 is 5.50. The van der Waals surface area contributed by atoms with Gasteiger partial charge in [-0.1, -0.05) is 23.2 Å². The van der Waals surface area contributed by atoms with Gasteiger partial charge in [0.25, 0.3) is 5.91 Å². The number of carbonyl (C=O) groups excluding carboxylic acids is 1.